The van der Waals surface area contributed by atoms with Crippen LogP contribution in [-0.4, -0.2) is 15.6 Å². The van der Waals surface area contributed by atoms with Crippen LogP contribution in [0.15, 0.2) is 34.9 Å². The number of aromatic hydroxyl groups is 1. The highest BCUT2D eigenvalue weighted by Gasteiger charge is 2.12. The summed E-state index contributed by atoms with van der Waals surface area (Å²) >= 11 is 3.33. The van der Waals surface area contributed by atoms with Crippen molar-refractivity contribution in [3.8, 4) is 5.75 Å². The molecule has 94 valence electrons. The van der Waals surface area contributed by atoms with Crippen molar-refractivity contribution in [3.63, 3.8) is 0 Å². The van der Waals surface area contributed by atoms with E-state index in [1.807, 2.05) is 20.2 Å². The molecule has 2 N–H and O–H groups in total. The van der Waals surface area contributed by atoms with Crippen molar-refractivity contribution in [1.29, 1.82) is 0 Å². The lowest BCUT2D eigenvalue weighted by atomic mass is 10.2. The topological polar surface area (TPSA) is 54.3 Å². The molecule has 1 aromatic heterocycles. The number of anilines is 1. The SMILES string of the molecule is Cc1cc(O)ccc1NC(=O)c1cc(Br)cn1C. The molecule has 0 saturated heterocycles. The molecule has 0 unspecified atom stereocenters. The second-order valence-corrected chi connectivity index (χ2v) is 5.02. The van der Waals surface area contributed by atoms with Crippen LogP contribution >= 0.6 is 15.9 Å². The summed E-state index contributed by atoms with van der Waals surface area (Å²) in [7, 11) is 1.81. The summed E-state index contributed by atoms with van der Waals surface area (Å²) in [6.45, 7) is 1.83. The third-order valence-corrected chi connectivity index (χ3v) is 3.10. The molecule has 0 aliphatic rings. The minimum atomic E-state index is -0.183. The lowest BCUT2D eigenvalue weighted by Gasteiger charge is -2.09. The number of carbonyl (C=O) groups is 1. The first-order valence-corrected chi connectivity index (χ1v) is 6.19. The Kier molecular flexibility index (Phi) is 3.43. The number of halogens is 1. The van der Waals surface area contributed by atoms with Gasteiger partial charge < -0.3 is 15.0 Å². The Balaban J connectivity index is 2.24. The zero-order valence-electron chi connectivity index (χ0n) is 10.1. The maximum Gasteiger partial charge on any atom is 0.272 e. The van der Waals surface area contributed by atoms with Gasteiger partial charge in [0.05, 0.1) is 0 Å². The monoisotopic (exact) mass is 308 g/mol. The quantitative estimate of drug-likeness (QED) is 0.838. The second kappa shape index (κ2) is 4.86. The smallest absolute Gasteiger partial charge is 0.272 e. The third kappa shape index (κ3) is 2.56. The molecule has 0 radical (unpaired) electrons. The molecule has 0 aliphatic carbocycles. The number of hydrogen-bond donors (Lipinski definition) is 2. The second-order valence-electron chi connectivity index (χ2n) is 4.11. The van der Waals surface area contributed by atoms with Gasteiger partial charge in [0, 0.05) is 23.4 Å². The van der Waals surface area contributed by atoms with Gasteiger partial charge in [-0.2, -0.15) is 0 Å². The Morgan fingerprint density at radius 3 is 2.67 bits per heavy atom. The van der Waals surface area contributed by atoms with E-state index in [2.05, 4.69) is 21.2 Å². The maximum absolute atomic E-state index is 12.1. The molecule has 0 saturated carbocycles. The fourth-order valence-electron chi connectivity index (χ4n) is 1.72. The van der Waals surface area contributed by atoms with E-state index in [0.29, 0.717) is 11.4 Å². The number of benzene rings is 1. The van der Waals surface area contributed by atoms with E-state index in [4.69, 9.17) is 0 Å². The first-order chi connectivity index (χ1) is 8.47. The van der Waals surface area contributed by atoms with Gasteiger partial charge in [0.2, 0.25) is 0 Å². The van der Waals surface area contributed by atoms with Gasteiger partial charge in [-0.25, -0.2) is 0 Å². The molecule has 0 aliphatic heterocycles. The molecule has 1 amide bonds. The van der Waals surface area contributed by atoms with Gasteiger partial charge in [-0.05, 0) is 52.7 Å². The average molecular weight is 309 g/mol. The average Bonchev–Trinajstić information content (AvgIpc) is 2.62. The van der Waals surface area contributed by atoms with Crippen LogP contribution in [0.4, 0.5) is 5.69 Å². The highest BCUT2D eigenvalue weighted by atomic mass is 79.9. The lowest BCUT2D eigenvalue weighted by molar-refractivity contribution is 0.101. The van der Waals surface area contributed by atoms with Crippen molar-refractivity contribution in [3.05, 3.63) is 46.2 Å². The summed E-state index contributed by atoms with van der Waals surface area (Å²) in [6, 6.07) is 6.59. The number of carbonyl (C=O) groups excluding carboxylic acids is 1. The minimum Gasteiger partial charge on any atom is -0.508 e. The molecule has 4 nitrogen and oxygen atoms in total. The number of nitrogens with one attached hydrogen (secondary N) is 1. The molecule has 5 heteroatoms. The molecular formula is C13H13BrN2O2. The molecule has 2 rings (SSSR count). The van der Waals surface area contributed by atoms with E-state index in [0.717, 1.165) is 10.0 Å². The van der Waals surface area contributed by atoms with E-state index < -0.39 is 0 Å². The Hall–Kier alpha value is -1.75. The van der Waals surface area contributed by atoms with E-state index in [9.17, 15) is 9.90 Å². The molecule has 0 spiro atoms. The van der Waals surface area contributed by atoms with Crippen molar-refractivity contribution in [2.75, 3.05) is 5.32 Å². The molecule has 1 heterocycles. The standard InChI is InChI=1S/C13H13BrN2O2/c1-8-5-10(17)3-4-11(8)15-13(18)12-6-9(14)7-16(12)2/h3-7,17H,1-2H3,(H,15,18). The summed E-state index contributed by atoms with van der Waals surface area (Å²) in [4.78, 5) is 12.1. The number of amides is 1. The Morgan fingerprint density at radius 2 is 2.11 bits per heavy atom. The number of aromatic nitrogens is 1. The predicted octanol–water partition coefficient (Wildman–Crippen LogP) is 3.05. The van der Waals surface area contributed by atoms with Crippen LogP contribution in [0.1, 0.15) is 16.1 Å². The fourth-order valence-corrected chi connectivity index (χ4v) is 2.25. The molecule has 18 heavy (non-hydrogen) atoms. The molecule has 0 bridgehead atoms. The first-order valence-electron chi connectivity index (χ1n) is 5.40. The van der Waals surface area contributed by atoms with Gasteiger partial charge in [0.1, 0.15) is 11.4 Å². The van der Waals surface area contributed by atoms with Crippen LogP contribution in [0, 0.1) is 6.92 Å². The summed E-state index contributed by atoms with van der Waals surface area (Å²) in [5, 5.41) is 12.1. The summed E-state index contributed by atoms with van der Waals surface area (Å²) in [6.07, 6.45) is 1.82. The van der Waals surface area contributed by atoms with E-state index in [1.165, 1.54) is 0 Å². The maximum atomic E-state index is 12.1. The first kappa shape index (κ1) is 12.7. The number of hydrogen-bond acceptors (Lipinski definition) is 2. The predicted molar refractivity (Wildman–Crippen MR) is 73.9 cm³/mol. The van der Waals surface area contributed by atoms with Crippen molar-refractivity contribution >= 4 is 27.5 Å². The highest BCUT2D eigenvalue weighted by Crippen LogP contribution is 2.21. The molecule has 0 atom stereocenters. The highest BCUT2D eigenvalue weighted by molar-refractivity contribution is 9.10. The van der Waals surface area contributed by atoms with Gasteiger partial charge in [0.25, 0.3) is 5.91 Å². The van der Waals surface area contributed by atoms with Crippen LogP contribution in [0.3, 0.4) is 0 Å². The van der Waals surface area contributed by atoms with Crippen LogP contribution in [0.2, 0.25) is 0 Å². The summed E-state index contributed by atoms with van der Waals surface area (Å²) in [5.74, 6) is 0.00380. The molecule has 1 aromatic carbocycles. The molecule has 2 aromatic rings. The van der Waals surface area contributed by atoms with E-state index in [1.54, 1.807) is 28.8 Å². The number of phenolic OH excluding ortho intramolecular Hbond substituents is 1. The minimum absolute atomic E-state index is 0.183. The van der Waals surface area contributed by atoms with Crippen LogP contribution in [-0.2, 0) is 7.05 Å². The zero-order chi connectivity index (χ0) is 13.3. The van der Waals surface area contributed by atoms with E-state index in [-0.39, 0.29) is 11.7 Å². The van der Waals surface area contributed by atoms with Crippen LogP contribution < -0.4 is 5.32 Å². The fraction of sp³-hybridized carbons (Fsp3) is 0.154. The number of nitrogens with zero attached hydrogens (tertiary/aromatic N) is 1. The van der Waals surface area contributed by atoms with E-state index >= 15 is 0 Å². The number of rotatable bonds is 2. The molecular weight excluding hydrogens is 296 g/mol. The zero-order valence-corrected chi connectivity index (χ0v) is 11.7. The van der Waals surface area contributed by atoms with Gasteiger partial charge >= 0.3 is 0 Å². The molecule has 0 fully saturated rings. The Labute approximate surface area is 113 Å². The Morgan fingerprint density at radius 1 is 1.39 bits per heavy atom. The normalized spacial score (nSPS) is 10.4. The van der Waals surface area contributed by atoms with Crippen molar-refractivity contribution in [2.45, 2.75) is 6.92 Å². The summed E-state index contributed by atoms with van der Waals surface area (Å²) < 4.78 is 2.60. The van der Waals surface area contributed by atoms with Crippen LogP contribution in [0.5, 0.6) is 5.75 Å². The summed E-state index contributed by atoms with van der Waals surface area (Å²) in [5.41, 5.74) is 2.07. The van der Waals surface area contributed by atoms with Gasteiger partial charge in [-0.15, -0.1) is 0 Å². The third-order valence-electron chi connectivity index (χ3n) is 2.66. The lowest BCUT2D eigenvalue weighted by Crippen LogP contribution is -2.15. The number of phenols is 1. The van der Waals surface area contributed by atoms with Crippen molar-refractivity contribution in [1.82, 2.24) is 4.57 Å². The van der Waals surface area contributed by atoms with Gasteiger partial charge in [-0.1, -0.05) is 0 Å². The van der Waals surface area contributed by atoms with Gasteiger partial charge in [0.15, 0.2) is 0 Å². The Bertz CT molecular complexity index is 605. The largest absolute Gasteiger partial charge is 0.508 e. The van der Waals surface area contributed by atoms with Gasteiger partial charge in [-0.3, -0.25) is 4.79 Å². The van der Waals surface area contributed by atoms with Crippen molar-refractivity contribution in [2.24, 2.45) is 7.05 Å². The number of aryl methyl sites for hydroxylation is 2. The van der Waals surface area contributed by atoms with Crippen molar-refractivity contribution < 1.29 is 9.90 Å². The van der Waals surface area contributed by atoms with Crippen LogP contribution in [0.25, 0.3) is 0 Å².